The number of nitrogens with zero attached hydrogens (tertiary/aromatic N) is 5. The summed E-state index contributed by atoms with van der Waals surface area (Å²) >= 11 is 6.25. The molecule has 10 heteroatoms. The second-order valence-electron chi connectivity index (χ2n) is 6.41. The number of nitrogens with one attached hydrogen (secondary N) is 2. The Hall–Kier alpha value is -3.56. The van der Waals surface area contributed by atoms with Crippen molar-refractivity contribution in [1.29, 1.82) is 0 Å². The lowest BCUT2D eigenvalue weighted by Crippen LogP contribution is -2.21. The molecule has 0 aliphatic rings. The van der Waals surface area contributed by atoms with Crippen molar-refractivity contribution in [2.24, 2.45) is 0 Å². The Balaban J connectivity index is 1.57. The predicted octanol–water partition coefficient (Wildman–Crippen LogP) is 4.22. The van der Waals surface area contributed by atoms with Crippen LogP contribution in [0.1, 0.15) is 18.6 Å². The average molecular weight is 424 g/mol. The standard InChI is InChI=1S/C20H18ClN7O2/c1-12(30-2)18-14-5-3-4-6-16(14)22-11-17(18)27-20(29)26-13-9-15(21)19(23-10-13)28-24-7-8-25-28/h3-12H,1-2H3,(H2,26,27,29). The van der Waals surface area contributed by atoms with Crippen LogP contribution in [-0.2, 0) is 4.74 Å². The molecule has 4 rings (SSSR count). The molecule has 0 bridgehead atoms. The Morgan fingerprint density at radius 2 is 1.90 bits per heavy atom. The first-order chi connectivity index (χ1) is 14.6. The van der Waals surface area contributed by atoms with Gasteiger partial charge in [0.1, 0.15) is 0 Å². The molecule has 2 amide bonds. The maximum Gasteiger partial charge on any atom is 0.323 e. The minimum absolute atomic E-state index is 0.245. The largest absolute Gasteiger partial charge is 0.377 e. The highest BCUT2D eigenvalue weighted by Gasteiger charge is 2.17. The number of aromatic nitrogens is 5. The molecule has 0 radical (unpaired) electrons. The Morgan fingerprint density at radius 1 is 1.13 bits per heavy atom. The smallest absolute Gasteiger partial charge is 0.323 e. The number of carbonyl (C=O) groups is 1. The summed E-state index contributed by atoms with van der Waals surface area (Å²) in [6.45, 7) is 1.91. The molecule has 1 unspecified atom stereocenters. The lowest BCUT2D eigenvalue weighted by molar-refractivity contribution is 0.121. The summed E-state index contributed by atoms with van der Waals surface area (Å²) < 4.78 is 5.51. The fourth-order valence-corrected chi connectivity index (χ4v) is 3.32. The lowest BCUT2D eigenvalue weighted by Gasteiger charge is -2.18. The quantitative estimate of drug-likeness (QED) is 0.497. The van der Waals surface area contributed by atoms with Crippen LogP contribution in [-0.4, -0.2) is 38.1 Å². The molecule has 2 N–H and O–H groups in total. The van der Waals surface area contributed by atoms with Gasteiger partial charge in [-0.05, 0) is 19.1 Å². The number of para-hydroxylation sites is 1. The highest BCUT2D eigenvalue weighted by Crippen LogP contribution is 2.31. The van der Waals surface area contributed by atoms with E-state index < -0.39 is 6.03 Å². The van der Waals surface area contributed by atoms with E-state index in [9.17, 15) is 4.79 Å². The number of carbonyl (C=O) groups excluding carboxylic acids is 1. The van der Waals surface area contributed by atoms with Crippen molar-refractivity contribution >= 4 is 39.9 Å². The van der Waals surface area contributed by atoms with Crippen LogP contribution in [0.15, 0.2) is 55.1 Å². The van der Waals surface area contributed by atoms with Crippen molar-refractivity contribution in [3.05, 3.63) is 65.7 Å². The molecule has 4 aromatic rings. The Labute approximate surface area is 177 Å². The summed E-state index contributed by atoms with van der Waals surface area (Å²) in [6, 6.07) is 8.80. The molecule has 0 spiro atoms. The summed E-state index contributed by atoms with van der Waals surface area (Å²) in [5.74, 6) is 0.363. The van der Waals surface area contributed by atoms with Crippen molar-refractivity contribution in [2.75, 3.05) is 17.7 Å². The molecular weight excluding hydrogens is 406 g/mol. The number of amides is 2. The van der Waals surface area contributed by atoms with Crippen molar-refractivity contribution in [3.8, 4) is 5.82 Å². The van der Waals surface area contributed by atoms with Crippen molar-refractivity contribution in [3.63, 3.8) is 0 Å². The van der Waals surface area contributed by atoms with Crippen molar-refractivity contribution < 1.29 is 9.53 Å². The number of ether oxygens (including phenoxy) is 1. The van der Waals surface area contributed by atoms with Gasteiger partial charge in [0.2, 0.25) is 0 Å². The zero-order valence-electron chi connectivity index (χ0n) is 16.2. The Morgan fingerprint density at radius 3 is 2.63 bits per heavy atom. The number of hydrogen-bond acceptors (Lipinski definition) is 6. The predicted molar refractivity (Wildman–Crippen MR) is 114 cm³/mol. The van der Waals surface area contributed by atoms with Gasteiger partial charge in [0.15, 0.2) is 5.82 Å². The number of methoxy groups -OCH3 is 1. The highest BCUT2D eigenvalue weighted by molar-refractivity contribution is 6.32. The van der Waals surface area contributed by atoms with Crippen molar-refractivity contribution in [1.82, 2.24) is 25.0 Å². The number of benzene rings is 1. The number of rotatable bonds is 5. The second-order valence-corrected chi connectivity index (χ2v) is 6.81. The number of anilines is 2. The first kappa shape index (κ1) is 19.7. The summed E-state index contributed by atoms with van der Waals surface area (Å²) in [6.07, 6.45) is 5.89. The second kappa shape index (κ2) is 8.44. The van der Waals surface area contributed by atoms with Crippen LogP contribution >= 0.6 is 11.6 Å². The maximum atomic E-state index is 12.6. The van der Waals surface area contributed by atoms with Gasteiger partial charge in [-0.25, -0.2) is 9.78 Å². The molecule has 1 atom stereocenters. The maximum absolute atomic E-state index is 12.6. The van der Waals surface area contributed by atoms with E-state index in [1.165, 1.54) is 23.4 Å². The topological polar surface area (TPSA) is 107 Å². The molecule has 9 nitrogen and oxygen atoms in total. The van der Waals surface area contributed by atoms with Crippen LogP contribution in [0.25, 0.3) is 16.7 Å². The van der Waals surface area contributed by atoms with Crippen LogP contribution in [0.4, 0.5) is 16.2 Å². The molecule has 152 valence electrons. The summed E-state index contributed by atoms with van der Waals surface area (Å²) in [7, 11) is 1.62. The molecular formula is C20H18ClN7O2. The molecule has 30 heavy (non-hydrogen) atoms. The minimum Gasteiger partial charge on any atom is -0.377 e. The Kier molecular flexibility index (Phi) is 5.55. The molecule has 1 aromatic carbocycles. The van der Waals surface area contributed by atoms with Crippen LogP contribution in [0.2, 0.25) is 5.02 Å². The first-order valence-corrected chi connectivity index (χ1v) is 9.45. The third-order valence-corrected chi connectivity index (χ3v) is 4.79. The van der Waals surface area contributed by atoms with E-state index in [2.05, 4.69) is 30.8 Å². The number of fused-ring (bicyclic) bond motifs is 1. The monoisotopic (exact) mass is 423 g/mol. The fraction of sp³-hybridized carbons (Fsp3) is 0.150. The van der Waals surface area contributed by atoms with Gasteiger partial charge in [0.25, 0.3) is 0 Å². The van der Waals surface area contributed by atoms with Gasteiger partial charge in [-0.2, -0.15) is 10.2 Å². The molecule has 0 fully saturated rings. The van der Waals surface area contributed by atoms with Gasteiger partial charge in [-0.15, -0.1) is 4.80 Å². The molecule has 0 saturated carbocycles. The summed E-state index contributed by atoms with van der Waals surface area (Å²) in [4.78, 5) is 22.5. The minimum atomic E-state index is -0.459. The number of halogens is 1. The van der Waals surface area contributed by atoms with Gasteiger partial charge in [-0.1, -0.05) is 29.8 Å². The molecule has 3 aromatic heterocycles. The van der Waals surface area contributed by atoms with E-state index in [0.717, 1.165) is 16.5 Å². The number of hydrogen-bond donors (Lipinski definition) is 2. The zero-order valence-corrected chi connectivity index (χ0v) is 17.0. The average Bonchev–Trinajstić information content (AvgIpc) is 3.27. The first-order valence-electron chi connectivity index (χ1n) is 9.07. The van der Waals surface area contributed by atoms with E-state index >= 15 is 0 Å². The van der Waals surface area contributed by atoms with E-state index in [4.69, 9.17) is 16.3 Å². The molecule has 0 saturated heterocycles. The fourth-order valence-electron chi connectivity index (χ4n) is 3.07. The molecule has 0 aliphatic heterocycles. The van der Waals surface area contributed by atoms with Gasteiger partial charge >= 0.3 is 6.03 Å². The van der Waals surface area contributed by atoms with Gasteiger partial charge in [-0.3, -0.25) is 4.98 Å². The van der Waals surface area contributed by atoms with Crippen LogP contribution in [0, 0.1) is 0 Å². The van der Waals surface area contributed by atoms with Crippen LogP contribution in [0.5, 0.6) is 0 Å². The van der Waals surface area contributed by atoms with Crippen molar-refractivity contribution in [2.45, 2.75) is 13.0 Å². The third kappa shape index (κ3) is 3.93. The summed E-state index contributed by atoms with van der Waals surface area (Å²) in [5.41, 5.74) is 2.64. The highest BCUT2D eigenvalue weighted by atomic mass is 35.5. The normalized spacial score (nSPS) is 12.0. The van der Waals surface area contributed by atoms with E-state index in [-0.39, 0.29) is 6.10 Å². The number of urea groups is 1. The number of pyridine rings is 2. The van der Waals surface area contributed by atoms with E-state index in [1.807, 2.05) is 31.2 Å². The molecule has 0 aliphatic carbocycles. The van der Waals surface area contributed by atoms with E-state index in [0.29, 0.717) is 22.2 Å². The third-order valence-electron chi connectivity index (χ3n) is 4.51. The summed E-state index contributed by atoms with van der Waals surface area (Å²) in [5, 5.41) is 14.7. The lowest BCUT2D eigenvalue weighted by atomic mass is 10.0. The van der Waals surface area contributed by atoms with Crippen LogP contribution < -0.4 is 10.6 Å². The molecule has 3 heterocycles. The SMILES string of the molecule is COC(C)c1c(NC(=O)Nc2cnc(-n3nccn3)c(Cl)c2)cnc2ccccc12. The van der Waals surface area contributed by atoms with Crippen LogP contribution in [0.3, 0.4) is 0 Å². The van der Waals surface area contributed by atoms with Gasteiger partial charge in [0.05, 0.1) is 52.8 Å². The van der Waals surface area contributed by atoms with Gasteiger partial charge in [0, 0.05) is 18.1 Å². The van der Waals surface area contributed by atoms with E-state index in [1.54, 1.807) is 19.4 Å². The van der Waals surface area contributed by atoms with Gasteiger partial charge < -0.3 is 15.4 Å². The Bertz CT molecular complexity index is 1200. The zero-order chi connectivity index (χ0) is 21.1.